The fourth-order valence-corrected chi connectivity index (χ4v) is 2.74. The van der Waals surface area contributed by atoms with Crippen molar-refractivity contribution in [3.63, 3.8) is 0 Å². The van der Waals surface area contributed by atoms with Gasteiger partial charge in [-0.25, -0.2) is 0 Å². The zero-order valence-corrected chi connectivity index (χ0v) is 12.7. The largest absolute Gasteiger partial charge is 0.339 e. The van der Waals surface area contributed by atoms with Gasteiger partial charge in [-0.1, -0.05) is 22.8 Å². The summed E-state index contributed by atoms with van der Waals surface area (Å²) in [6, 6.07) is 3.94. The molecule has 20 heavy (non-hydrogen) atoms. The van der Waals surface area contributed by atoms with Crippen LogP contribution in [0.15, 0.2) is 22.0 Å². The van der Waals surface area contributed by atoms with E-state index < -0.39 is 0 Å². The number of halogens is 1. The molecule has 5 nitrogen and oxygen atoms in total. The molecule has 0 aliphatic heterocycles. The summed E-state index contributed by atoms with van der Waals surface area (Å²) in [6.45, 7) is 4.52. The van der Waals surface area contributed by atoms with E-state index in [1.165, 1.54) is 0 Å². The molecule has 104 valence electrons. The van der Waals surface area contributed by atoms with Crippen LogP contribution in [-0.4, -0.2) is 19.9 Å². The maximum atomic E-state index is 6.12. The minimum Gasteiger partial charge on any atom is -0.339 e. The van der Waals surface area contributed by atoms with Crippen molar-refractivity contribution in [3.05, 3.63) is 39.8 Å². The van der Waals surface area contributed by atoms with Crippen LogP contribution in [0.1, 0.15) is 17.3 Å². The smallest absolute Gasteiger partial charge is 0.228 e. The number of nitrogens with zero attached hydrogens (tertiary/aromatic N) is 4. The third-order valence-corrected chi connectivity index (χ3v) is 4.45. The summed E-state index contributed by atoms with van der Waals surface area (Å²) in [5.74, 6) is 1.25. The summed E-state index contributed by atoms with van der Waals surface area (Å²) in [5, 5.41) is 11.1. The van der Waals surface area contributed by atoms with Crippen LogP contribution in [0.5, 0.6) is 0 Å². The number of aryl methyl sites for hydroxylation is 3. The van der Waals surface area contributed by atoms with Gasteiger partial charge in [-0.15, -0.1) is 11.3 Å². The van der Waals surface area contributed by atoms with E-state index in [0.717, 1.165) is 21.3 Å². The van der Waals surface area contributed by atoms with Gasteiger partial charge in [0.05, 0.1) is 27.8 Å². The first kappa shape index (κ1) is 13.3. The maximum Gasteiger partial charge on any atom is 0.228 e. The summed E-state index contributed by atoms with van der Waals surface area (Å²) in [7, 11) is 0. The molecule has 0 saturated carbocycles. The van der Waals surface area contributed by atoms with Crippen LogP contribution in [0.3, 0.4) is 0 Å². The Kier molecular flexibility index (Phi) is 3.58. The summed E-state index contributed by atoms with van der Waals surface area (Å²) in [6.07, 6.45) is 0.636. The van der Waals surface area contributed by atoms with E-state index in [1.807, 2.05) is 36.0 Å². The molecule has 3 aromatic heterocycles. The standard InChI is InChI=1S/C13H13ClN4OS/c1-8-12(14)9(2)18(16-8)6-5-11-15-13(17-19-11)10-4-3-7-20-10/h3-4,7H,5-6H2,1-2H3. The Bertz CT molecular complexity index is 717. The summed E-state index contributed by atoms with van der Waals surface area (Å²) in [4.78, 5) is 5.39. The van der Waals surface area contributed by atoms with Crippen LogP contribution in [-0.2, 0) is 13.0 Å². The van der Waals surface area contributed by atoms with Crippen molar-refractivity contribution in [2.45, 2.75) is 26.8 Å². The molecule has 7 heteroatoms. The van der Waals surface area contributed by atoms with Crippen molar-refractivity contribution >= 4 is 22.9 Å². The number of aromatic nitrogens is 4. The second-order valence-corrected chi connectivity index (χ2v) is 5.77. The molecule has 0 aliphatic carbocycles. The van der Waals surface area contributed by atoms with Crippen molar-refractivity contribution in [3.8, 4) is 10.7 Å². The molecule has 3 heterocycles. The first-order chi connectivity index (χ1) is 9.65. The van der Waals surface area contributed by atoms with E-state index in [9.17, 15) is 0 Å². The van der Waals surface area contributed by atoms with Crippen LogP contribution < -0.4 is 0 Å². The highest BCUT2D eigenvalue weighted by Crippen LogP contribution is 2.22. The molecule has 3 aromatic rings. The lowest BCUT2D eigenvalue weighted by Crippen LogP contribution is -2.05. The average molecular weight is 309 g/mol. The minimum absolute atomic E-state index is 0.608. The summed E-state index contributed by atoms with van der Waals surface area (Å²) < 4.78 is 7.13. The number of hydrogen-bond acceptors (Lipinski definition) is 5. The van der Waals surface area contributed by atoms with Crippen molar-refractivity contribution in [1.29, 1.82) is 0 Å². The zero-order chi connectivity index (χ0) is 14.1. The molecule has 0 aromatic carbocycles. The molecule has 0 saturated heterocycles. The molecule has 0 radical (unpaired) electrons. The third-order valence-electron chi connectivity index (χ3n) is 3.04. The Hall–Kier alpha value is -1.66. The first-order valence-corrected chi connectivity index (χ1v) is 7.47. The number of hydrogen-bond donors (Lipinski definition) is 0. The molecule has 3 rings (SSSR count). The van der Waals surface area contributed by atoms with Gasteiger partial charge < -0.3 is 4.52 Å². The van der Waals surface area contributed by atoms with Crippen LogP contribution in [0.2, 0.25) is 5.02 Å². The maximum absolute atomic E-state index is 6.12. The highest BCUT2D eigenvalue weighted by Gasteiger charge is 2.12. The molecule has 0 bridgehead atoms. The van der Waals surface area contributed by atoms with Crippen LogP contribution in [0, 0.1) is 13.8 Å². The Labute approximate surface area is 125 Å². The van der Waals surface area contributed by atoms with E-state index >= 15 is 0 Å². The highest BCUT2D eigenvalue weighted by molar-refractivity contribution is 7.13. The predicted molar refractivity (Wildman–Crippen MR) is 78.0 cm³/mol. The molecule has 0 atom stereocenters. The van der Waals surface area contributed by atoms with Gasteiger partial charge >= 0.3 is 0 Å². The van der Waals surface area contributed by atoms with Gasteiger partial charge in [-0.05, 0) is 25.3 Å². The van der Waals surface area contributed by atoms with Gasteiger partial charge in [-0.3, -0.25) is 4.68 Å². The summed E-state index contributed by atoms with van der Waals surface area (Å²) in [5.41, 5.74) is 1.80. The van der Waals surface area contributed by atoms with Gasteiger partial charge in [0.15, 0.2) is 0 Å². The summed E-state index contributed by atoms with van der Waals surface area (Å²) >= 11 is 7.71. The monoisotopic (exact) mass is 308 g/mol. The molecule has 0 spiro atoms. The lowest BCUT2D eigenvalue weighted by atomic mass is 10.4. The van der Waals surface area contributed by atoms with Crippen LogP contribution >= 0.6 is 22.9 Å². The molecule has 0 fully saturated rings. The van der Waals surface area contributed by atoms with Crippen LogP contribution in [0.4, 0.5) is 0 Å². The van der Waals surface area contributed by atoms with Gasteiger partial charge in [0.1, 0.15) is 0 Å². The topological polar surface area (TPSA) is 56.7 Å². The quantitative estimate of drug-likeness (QED) is 0.740. The average Bonchev–Trinajstić information content (AvgIpc) is 3.14. The van der Waals surface area contributed by atoms with Crippen molar-refractivity contribution < 1.29 is 4.52 Å². The van der Waals surface area contributed by atoms with Gasteiger partial charge in [0.25, 0.3) is 0 Å². The molecule has 0 amide bonds. The molecule has 0 N–H and O–H groups in total. The Morgan fingerprint density at radius 2 is 2.25 bits per heavy atom. The van der Waals surface area contributed by atoms with E-state index in [1.54, 1.807) is 11.3 Å². The Morgan fingerprint density at radius 1 is 1.40 bits per heavy atom. The lowest BCUT2D eigenvalue weighted by Gasteiger charge is -2.00. The Morgan fingerprint density at radius 3 is 2.90 bits per heavy atom. The van der Waals surface area contributed by atoms with E-state index in [-0.39, 0.29) is 0 Å². The SMILES string of the molecule is Cc1nn(CCc2nc(-c3cccs3)no2)c(C)c1Cl. The van der Waals surface area contributed by atoms with Gasteiger partial charge in [0.2, 0.25) is 11.7 Å². The number of thiophene rings is 1. The van der Waals surface area contributed by atoms with Gasteiger partial charge in [0, 0.05) is 6.42 Å². The second kappa shape index (κ2) is 5.38. The van der Waals surface area contributed by atoms with Gasteiger partial charge in [-0.2, -0.15) is 10.1 Å². The molecular formula is C13H13ClN4OS. The second-order valence-electron chi connectivity index (χ2n) is 4.45. The normalized spacial score (nSPS) is 11.2. The predicted octanol–water partition coefficient (Wildman–Crippen LogP) is 3.51. The van der Waals surface area contributed by atoms with E-state index in [4.69, 9.17) is 16.1 Å². The minimum atomic E-state index is 0.608. The van der Waals surface area contributed by atoms with E-state index in [0.29, 0.717) is 24.7 Å². The Balaban J connectivity index is 1.71. The molecule has 0 unspecified atom stereocenters. The first-order valence-electron chi connectivity index (χ1n) is 6.21. The molecule has 0 aliphatic rings. The fraction of sp³-hybridized carbons (Fsp3) is 0.308. The third kappa shape index (κ3) is 2.48. The zero-order valence-electron chi connectivity index (χ0n) is 11.1. The number of rotatable bonds is 4. The van der Waals surface area contributed by atoms with Crippen LogP contribution in [0.25, 0.3) is 10.7 Å². The fourth-order valence-electron chi connectivity index (χ4n) is 1.96. The molecular weight excluding hydrogens is 296 g/mol. The van der Waals surface area contributed by atoms with Crippen molar-refractivity contribution in [2.24, 2.45) is 0 Å². The van der Waals surface area contributed by atoms with Crippen molar-refractivity contribution in [2.75, 3.05) is 0 Å². The lowest BCUT2D eigenvalue weighted by molar-refractivity contribution is 0.368. The van der Waals surface area contributed by atoms with Crippen molar-refractivity contribution in [1.82, 2.24) is 19.9 Å². The van der Waals surface area contributed by atoms with E-state index in [2.05, 4.69) is 15.2 Å². The highest BCUT2D eigenvalue weighted by atomic mass is 35.5.